The molecule has 3 heterocycles. The lowest BCUT2D eigenvalue weighted by molar-refractivity contribution is 0.668. The van der Waals surface area contributed by atoms with E-state index in [1.54, 1.807) is 0 Å². The van der Waals surface area contributed by atoms with Crippen LogP contribution < -0.4 is 0 Å². The van der Waals surface area contributed by atoms with Crippen LogP contribution in [0.4, 0.5) is 0 Å². The summed E-state index contributed by atoms with van der Waals surface area (Å²) in [6.45, 7) is 0. The van der Waals surface area contributed by atoms with E-state index in [0.717, 1.165) is 55.2 Å². The van der Waals surface area contributed by atoms with Crippen LogP contribution >= 0.6 is 0 Å². The van der Waals surface area contributed by atoms with Gasteiger partial charge in [0.1, 0.15) is 11.2 Å². The molecule has 0 aliphatic heterocycles. The molecule has 12 aromatic rings. The fourth-order valence-electron chi connectivity index (χ4n) is 8.67. The first-order valence-electron chi connectivity index (χ1n) is 19.5. The van der Waals surface area contributed by atoms with Crippen molar-refractivity contribution in [2.45, 2.75) is 0 Å². The van der Waals surface area contributed by atoms with Gasteiger partial charge in [0.25, 0.3) is 0 Å². The minimum absolute atomic E-state index is 0.590. The molecule has 0 aliphatic rings. The van der Waals surface area contributed by atoms with E-state index in [-0.39, 0.29) is 0 Å². The molecule has 0 unspecified atom stereocenters. The quantitative estimate of drug-likeness (QED) is 0.176. The molecule has 3 aromatic heterocycles. The van der Waals surface area contributed by atoms with Crippen molar-refractivity contribution in [3.05, 3.63) is 194 Å². The summed E-state index contributed by atoms with van der Waals surface area (Å²) >= 11 is 0. The Morgan fingerprint density at radius 2 is 0.914 bits per heavy atom. The molecule has 0 spiro atoms. The van der Waals surface area contributed by atoms with Gasteiger partial charge in [0.05, 0.1) is 11.0 Å². The SMILES string of the molecule is c1ccc(-c2nc(-c3ccc4ccccc4c3)nc(-c3ccc4c(c3)oc3cc(-n5c6ccccc6c6cc(-c7ccccc7)c7ccccc7c65)ccc34)n2)cc1. The van der Waals surface area contributed by atoms with E-state index in [4.69, 9.17) is 19.4 Å². The summed E-state index contributed by atoms with van der Waals surface area (Å²) < 4.78 is 9.13. The van der Waals surface area contributed by atoms with Gasteiger partial charge in [0, 0.05) is 55.4 Å². The van der Waals surface area contributed by atoms with Gasteiger partial charge >= 0.3 is 0 Å². The molecule has 5 heteroatoms. The van der Waals surface area contributed by atoms with Crippen LogP contribution in [0.5, 0.6) is 0 Å². The second-order valence-electron chi connectivity index (χ2n) is 14.8. The number of hydrogen-bond donors (Lipinski definition) is 0. The standard InChI is InChI=1S/C53H32N4O/c1-3-14-34(15-4-1)45-32-46-41-20-11-12-22-47(41)57(50(46)44-21-10-9-19-40(44)45)39-26-28-43-42-27-25-38(30-48(42)58-49(43)31-39)53-55-51(35-16-5-2-6-17-35)54-52(56-53)37-24-23-33-13-7-8-18-36(33)29-37/h1-32H. The number of aromatic nitrogens is 4. The zero-order valence-corrected chi connectivity index (χ0v) is 31.2. The van der Waals surface area contributed by atoms with Crippen molar-refractivity contribution >= 4 is 65.3 Å². The number of rotatable bonds is 5. The number of nitrogens with zero attached hydrogens (tertiary/aromatic N) is 4. The van der Waals surface area contributed by atoms with Crippen molar-refractivity contribution in [3.63, 3.8) is 0 Å². The van der Waals surface area contributed by atoms with Crippen molar-refractivity contribution in [1.82, 2.24) is 19.5 Å². The van der Waals surface area contributed by atoms with Crippen molar-refractivity contribution in [3.8, 4) is 51.0 Å². The molecule has 9 aromatic carbocycles. The molecule has 0 atom stereocenters. The Morgan fingerprint density at radius 1 is 0.345 bits per heavy atom. The smallest absolute Gasteiger partial charge is 0.164 e. The van der Waals surface area contributed by atoms with E-state index >= 15 is 0 Å². The highest BCUT2D eigenvalue weighted by atomic mass is 16.3. The summed E-state index contributed by atoms with van der Waals surface area (Å²) in [5.74, 6) is 1.84. The predicted molar refractivity (Wildman–Crippen MR) is 238 cm³/mol. The van der Waals surface area contributed by atoms with Gasteiger partial charge in [-0.2, -0.15) is 0 Å². The van der Waals surface area contributed by atoms with E-state index in [1.807, 2.05) is 30.3 Å². The summed E-state index contributed by atoms with van der Waals surface area (Å²) in [5, 5.41) is 9.27. The Balaban J connectivity index is 1.02. The first kappa shape index (κ1) is 32.4. The van der Waals surface area contributed by atoms with Crippen LogP contribution in [0.15, 0.2) is 199 Å². The average Bonchev–Trinajstić information content (AvgIpc) is 3.84. The van der Waals surface area contributed by atoms with Gasteiger partial charge in [-0.3, -0.25) is 0 Å². The fraction of sp³-hybridized carbons (Fsp3) is 0. The molecule has 0 fully saturated rings. The molecule has 0 aliphatic carbocycles. The highest BCUT2D eigenvalue weighted by Gasteiger charge is 2.20. The molecule has 0 amide bonds. The molecule has 0 saturated heterocycles. The van der Waals surface area contributed by atoms with Gasteiger partial charge in [-0.25, -0.2) is 15.0 Å². The molecule has 0 bridgehead atoms. The summed E-state index contributed by atoms with van der Waals surface area (Å²) in [6, 6.07) is 68.1. The highest BCUT2D eigenvalue weighted by molar-refractivity contribution is 6.22. The molecule has 12 rings (SSSR count). The number of benzene rings is 9. The van der Waals surface area contributed by atoms with Crippen molar-refractivity contribution < 1.29 is 4.42 Å². The fourth-order valence-corrected chi connectivity index (χ4v) is 8.67. The summed E-state index contributed by atoms with van der Waals surface area (Å²) in [7, 11) is 0. The molecular formula is C53H32N4O. The maximum Gasteiger partial charge on any atom is 0.164 e. The van der Waals surface area contributed by atoms with Gasteiger partial charge in [-0.05, 0) is 69.8 Å². The highest BCUT2D eigenvalue weighted by Crippen LogP contribution is 2.42. The topological polar surface area (TPSA) is 56.7 Å². The van der Waals surface area contributed by atoms with E-state index in [2.05, 4.69) is 168 Å². The lowest BCUT2D eigenvalue weighted by Gasteiger charge is -2.13. The Bertz CT molecular complexity index is 3570. The molecule has 270 valence electrons. The summed E-state index contributed by atoms with van der Waals surface area (Å²) in [5.41, 5.74) is 10.1. The van der Waals surface area contributed by atoms with Gasteiger partial charge < -0.3 is 8.98 Å². The Kier molecular flexibility index (Phi) is 7.16. The van der Waals surface area contributed by atoms with E-state index < -0.39 is 0 Å². The molecule has 0 saturated carbocycles. The second kappa shape index (κ2) is 12.8. The zero-order chi connectivity index (χ0) is 38.2. The van der Waals surface area contributed by atoms with Gasteiger partial charge in [-0.15, -0.1) is 0 Å². The Labute approximate surface area is 333 Å². The van der Waals surface area contributed by atoms with Crippen molar-refractivity contribution in [1.29, 1.82) is 0 Å². The third kappa shape index (κ3) is 5.14. The number of furan rings is 1. The second-order valence-corrected chi connectivity index (χ2v) is 14.8. The average molecular weight is 741 g/mol. The van der Waals surface area contributed by atoms with Gasteiger partial charge in [0.2, 0.25) is 0 Å². The van der Waals surface area contributed by atoms with E-state index in [0.29, 0.717) is 17.5 Å². The van der Waals surface area contributed by atoms with Gasteiger partial charge in [0.15, 0.2) is 17.5 Å². The normalized spacial score (nSPS) is 11.8. The first-order valence-corrected chi connectivity index (χ1v) is 19.5. The maximum absolute atomic E-state index is 6.74. The van der Waals surface area contributed by atoms with Crippen LogP contribution in [0.25, 0.3) is 116 Å². The van der Waals surface area contributed by atoms with E-state index in [1.165, 1.54) is 43.6 Å². The largest absolute Gasteiger partial charge is 0.456 e. The predicted octanol–water partition coefficient (Wildman–Crippen LogP) is 13.8. The lowest BCUT2D eigenvalue weighted by Crippen LogP contribution is -2.00. The van der Waals surface area contributed by atoms with E-state index in [9.17, 15) is 0 Å². The minimum Gasteiger partial charge on any atom is -0.456 e. The third-order valence-corrected chi connectivity index (χ3v) is 11.4. The van der Waals surface area contributed by atoms with Crippen LogP contribution in [0.3, 0.4) is 0 Å². The summed E-state index contributed by atoms with van der Waals surface area (Å²) in [6.07, 6.45) is 0. The molecule has 58 heavy (non-hydrogen) atoms. The van der Waals surface area contributed by atoms with Crippen LogP contribution in [0, 0.1) is 0 Å². The monoisotopic (exact) mass is 740 g/mol. The van der Waals surface area contributed by atoms with Gasteiger partial charge in [-0.1, -0.05) is 146 Å². The molecule has 5 nitrogen and oxygen atoms in total. The van der Waals surface area contributed by atoms with Crippen LogP contribution in [0.1, 0.15) is 0 Å². The number of fused-ring (bicyclic) bond motifs is 9. The van der Waals surface area contributed by atoms with Crippen LogP contribution in [-0.4, -0.2) is 19.5 Å². The number of hydrogen-bond acceptors (Lipinski definition) is 4. The summed E-state index contributed by atoms with van der Waals surface area (Å²) in [4.78, 5) is 15.0. The van der Waals surface area contributed by atoms with Crippen molar-refractivity contribution in [2.75, 3.05) is 0 Å². The maximum atomic E-state index is 6.74. The minimum atomic E-state index is 0.590. The third-order valence-electron chi connectivity index (χ3n) is 11.4. The Hall–Kier alpha value is -7.89. The molecule has 0 N–H and O–H groups in total. The zero-order valence-electron chi connectivity index (χ0n) is 31.2. The Morgan fingerprint density at radius 3 is 1.69 bits per heavy atom. The molecule has 0 radical (unpaired) electrons. The first-order chi connectivity index (χ1) is 28.7. The van der Waals surface area contributed by atoms with Crippen LogP contribution in [-0.2, 0) is 0 Å². The lowest BCUT2D eigenvalue weighted by atomic mass is 9.95. The van der Waals surface area contributed by atoms with Crippen LogP contribution in [0.2, 0.25) is 0 Å². The molecular weight excluding hydrogens is 709 g/mol. The number of para-hydroxylation sites is 1. The van der Waals surface area contributed by atoms with Crippen molar-refractivity contribution in [2.24, 2.45) is 0 Å².